The summed E-state index contributed by atoms with van der Waals surface area (Å²) in [6, 6.07) is 12.6. The topological polar surface area (TPSA) is 139 Å². The lowest BCUT2D eigenvalue weighted by molar-refractivity contribution is -0.754. The molecule has 0 fully saturated rings. The van der Waals surface area contributed by atoms with Gasteiger partial charge in [-0.25, -0.2) is 4.79 Å². The lowest BCUT2D eigenvalue weighted by Crippen LogP contribution is -2.18. The van der Waals surface area contributed by atoms with Crippen LogP contribution in [0.4, 0.5) is 0 Å². The molecule has 29 heavy (non-hydrogen) atoms. The lowest BCUT2D eigenvalue weighted by atomic mass is 10.2. The van der Waals surface area contributed by atoms with Gasteiger partial charge in [0, 0.05) is 0 Å². The van der Waals surface area contributed by atoms with Gasteiger partial charge in [0.25, 0.3) is 5.09 Å². The van der Waals surface area contributed by atoms with Crippen molar-refractivity contribution in [3.8, 4) is 11.5 Å². The van der Waals surface area contributed by atoms with Gasteiger partial charge in [0.1, 0.15) is 16.8 Å². The highest BCUT2D eigenvalue weighted by molar-refractivity contribution is 9.09. The smallest absolute Gasteiger partial charge is 0.337 e. The van der Waals surface area contributed by atoms with Gasteiger partial charge in [-0.3, -0.25) is 14.4 Å². The van der Waals surface area contributed by atoms with Crippen molar-refractivity contribution in [2.45, 2.75) is 0 Å². The van der Waals surface area contributed by atoms with Crippen LogP contribution in [0.25, 0.3) is 0 Å². The van der Waals surface area contributed by atoms with Gasteiger partial charge in [0.2, 0.25) is 0 Å². The number of carbonyl (C=O) groups excluding carboxylic acids is 4. The van der Waals surface area contributed by atoms with Crippen molar-refractivity contribution in [3.63, 3.8) is 0 Å². The van der Waals surface area contributed by atoms with E-state index in [1.807, 2.05) is 0 Å². The molecular formula is C18H14BrNO9. The van der Waals surface area contributed by atoms with E-state index in [1.165, 1.54) is 12.1 Å². The van der Waals surface area contributed by atoms with Crippen LogP contribution < -0.4 is 9.47 Å². The molecule has 0 saturated heterocycles. The van der Waals surface area contributed by atoms with Gasteiger partial charge in [-0.15, -0.1) is 10.1 Å². The second-order valence-corrected chi connectivity index (χ2v) is 5.45. The zero-order chi connectivity index (χ0) is 21.6. The summed E-state index contributed by atoms with van der Waals surface area (Å²) in [7, 11) is 0. The van der Waals surface area contributed by atoms with Gasteiger partial charge in [-0.1, -0.05) is 40.2 Å². The van der Waals surface area contributed by atoms with Crippen molar-refractivity contribution in [2.75, 3.05) is 11.9 Å². The molecule has 0 aromatic heterocycles. The molecular weight excluding hydrogens is 454 g/mol. The summed E-state index contributed by atoms with van der Waals surface area (Å²) in [5.41, 5.74) is 0.550. The number of benzene rings is 2. The zero-order valence-corrected chi connectivity index (χ0v) is 16.3. The van der Waals surface area contributed by atoms with Crippen LogP contribution in [0.5, 0.6) is 11.5 Å². The Hall–Kier alpha value is -3.60. The van der Waals surface area contributed by atoms with Crippen LogP contribution in [-0.4, -0.2) is 41.5 Å². The molecule has 0 unspecified atom stereocenters. The van der Waals surface area contributed by atoms with Gasteiger partial charge in [0.15, 0.2) is 19.2 Å². The van der Waals surface area contributed by atoms with E-state index in [9.17, 15) is 29.3 Å². The van der Waals surface area contributed by atoms with Crippen molar-refractivity contribution in [1.82, 2.24) is 0 Å². The minimum Gasteiger partial charge on any atom is -0.425 e. The number of alkyl halides is 1. The Morgan fingerprint density at radius 2 is 1.34 bits per heavy atom. The Morgan fingerprint density at radius 3 is 1.76 bits per heavy atom. The Bertz CT molecular complexity index is 885. The molecule has 152 valence electrons. The molecule has 0 amide bonds. The standard InChI is InChI=1S/C9H7BrO3.C9H7NO6/c10-5-9(12)13-8-4-2-1-3-7(8)6-11;11-5-7-3-1-2-4-8(7)16-9(12)6-15-10(13)14/h1-4,6H,5H2;1-5H,6H2. The van der Waals surface area contributed by atoms with E-state index in [2.05, 4.69) is 25.5 Å². The largest absolute Gasteiger partial charge is 0.425 e. The average Bonchev–Trinajstić information content (AvgIpc) is 2.73. The average molecular weight is 468 g/mol. The number of rotatable bonds is 8. The summed E-state index contributed by atoms with van der Waals surface area (Å²) in [5, 5.41) is 8.81. The van der Waals surface area contributed by atoms with E-state index in [1.54, 1.807) is 36.4 Å². The summed E-state index contributed by atoms with van der Waals surface area (Å²) in [6.45, 7) is -0.819. The van der Waals surface area contributed by atoms with E-state index in [4.69, 9.17) is 4.74 Å². The SMILES string of the molecule is O=Cc1ccccc1OC(=O)CBr.O=Cc1ccccc1OC(=O)CO[N+](=O)[O-]. The number of para-hydroxylation sites is 2. The van der Waals surface area contributed by atoms with Crippen LogP contribution in [0, 0.1) is 10.1 Å². The van der Waals surface area contributed by atoms with Gasteiger partial charge in [-0.05, 0) is 24.3 Å². The Labute approximate surface area is 172 Å². The maximum absolute atomic E-state index is 11.0. The van der Waals surface area contributed by atoms with E-state index < -0.39 is 23.6 Å². The van der Waals surface area contributed by atoms with Crippen LogP contribution in [-0.2, 0) is 14.4 Å². The van der Waals surface area contributed by atoms with Crippen molar-refractivity contribution >= 4 is 40.4 Å². The highest BCUT2D eigenvalue weighted by atomic mass is 79.9. The quantitative estimate of drug-likeness (QED) is 0.143. The molecule has 2 rings (SSSR count). The van der Waals surface area contributed by atoms with E-state index in [0.717, 1.165) is 0 Å². The first kappa shape index (κ1) is 23.4. The first-order valence-corrected chi connectivity index (χ1v) is 8.86. The number of halogens is 1. The molecule has 0 saturated carbocycles. The van der Waals surface area contributed by atoms with Crippen molar-refractivity contribution in [3.05, 3.63) is 69.8 Å². The molecule has 2 aromatic carbocycles. The minimum absolute atomic E-state index is 0.0365. The van der Waals surface area contributed by atoms with Crippen LogP contribution in [0.3, 0.4) is 0 Å². The molecule has 0 N–H and O–H groups in total. The summed E-state index contributed by atoms with van der Waals surface area (Å²) in [6.07, 6.45) is 1.16. The number of hydrogen-bond acceptors (Lipinski definition) is 9. The second kappa shape index (κ2) is 12.7. The Morgan fingerprint density at radius 1 is 0.897 bits per heavy atom. The molecule has 0 aliphatic rings. The van der Waals surface area contributed by atoms with Crippen LogP contribution in [0.2, 0.25) is 0 Å². The summed E-state index contributed by atoms with van der Waals surface area (Å²) >= 11 is 2.96. The van der Waals surface area contributed by atoms with Crippen molar-refractivity contribution < 1.29 is 38.6 Å². The van der Waals surface area contributed by atoms with Crippen LogP contribution >= 0.6 is 15.9 Å². The molecule has 0 bridgehead atoms. The highest BCUT2D eigenvalue weighted by Crippen LogP contribution is 2.16. The molecule has 0 aliphatic heterocycles. The summed E-state index contributed by atoms with van der Waals surface area (Å²) in [4.78, 5) is 56.5. The minimum atomic E-state index is -1.10. The fourth-order valence-corrected chi connectivity index (χ4v) is 1.86. The summed E-state index contributed by atoms with van der Waals surface area (Å²) in [5.74, 6) is -1.04. The Balaban J connectivity index is 0.000000296. The van der Waals surface area contributed by atoms with Crippen molar-refractivity contribution in [2.24, 2.45) is 0 Å². The maximum atomic E-state index is 11.0. The number of ether oxygens (including phenoxy) is 2. The maximum Gasteiger partial charge on any atom is 0.337 e. The van der Waals surface area contributed by atoms with E-state index in [-0.39, 0.29) is 16.6 Å². The predicted octanol–water partition coefficient (Wildman–Crippen LogP) is 2.41. The summed E-state index contributed by atoms with van der Waals surface area (Å²) < 4.78 is 9.56. The first-order chi connectivity index (χ1) is 13.9. The monoisotopic (exact) mass is 467 g/mol. The molecule has 0 spiro atoms. The lowest BCUT2D eigenvalue weighted by Gasteiger charge is -2.04. The molecule has 11 heteroatoms. The van der Waals surface area contributed by atoms with Crippen molar-refractivity contribution in [1.29, 1.82) is 0 Å². The molecule has 10 nitrogen and oxygen atoms in total. The number of aldehydes is 2. The van der Waals surface area contributed by atoms with Gasteiger partial charge >= 0.3 is 11.9 Å². The fraction of sp³-hybridized carbons (Fsp3) is 0.111. The fourth-order valence-electron chi connectivity index (χ4n) is 1.75. The van der Waals surface area contributed by atoms with E-state index in [0.29, 0.717) is 23.9 Å². The van der Waals surface area contributed by atoms with Crippen LogP contribution in [0.1, 0.15) is 20.7 Å². The number of hydrogen-bond donors (Lipinski definition) is 0. The molecule has 0 atom stereocenters. The third kappa shape index (κ3) is 8.75. The number of nitrogens with zero attached hydrogens (tertiary/aromatic N) is 1. The molecule has 0 aliphatic carbocycles. The highest BCUT2D eigenvalue weighted by Gasteiger charge is 2.10. The zero-order valence-electron chi connectivity index (χ0n) is 14.7. The molecule has 2 aromatic rings. The number of carbonyl (C=O) groups is 4. The van der Waals surface area contributed by atoms with Gasteiger partial charge in [0.05, 0.1) is 11.1 Å². The third-order valence-electron chi connectivity index (χ3n) is 2.94. The van der Waals surface area contributed by atoms with Gasteiger partial charge in [-0.2, -0.15) is 0 Å². The molecule has 0 heterocycles. The number of esters is 2. The predicted molar refractivity (Wildman–Crippen MR) is 102 cm³/mol. The third-order valence-corrected chi connectivity index (χ3v) is 3.39. The Kier molecular flexibility index (Phi) is 10.3. The first-order valence-electron chi connectivity index (χ1n) is 7.74. The molecule has 0 radical (unpaired) electrons. The van der Waals surface area contributed by atoms with E-state index >= 15 is 0 Å². The van der Waals surface area contributed by atoms with Gasteiger partial charge < -0.3 is 14.3 Å². The van der Waals surface area contributed by atoms with Crippen LogP contribution in [0.15, 0.2) is 48.5 Å². The second-order valence-electron chi connectivity index (χ2n) is 4.89. The normalized spacial score (nSPS) is 9.28.